The van der Waals surface area contributed by atoms with E-state index in [0.717, 1.165) is 62.7 Å². The second-order valence-electron chi connectivity index (χ2n) is 10.4. The lowest BCUT2D eigenvalue weighted by Crippen LogP contribution is -2.27. The van der Waals surface area contributed by atoms with E-state index < -0.39 is 0 Å². The summed E-state index contributed by atoms with van der Waals surface area (Å²) in [5, 5.41) is 28.6. The average molecular weight is 421 g/mol. The normalized spacial score (nSPS) is 14.7. The van der Waals surface area contributed by atoms with Crippen LogP contribution in [0.15, 0.2) is 12.1 Å². The lowest BCUT2D eigenvalue weighted by atomic mass is 9.75. The highest BCUT2D eigenvalue weighted by molar-refractivity contribution is 5.50. The molecule has 4 nitrogen and oxygen atoms in total. The second-order valence-corrected chi connectivity index (χ2v) is 10.4. The highest BCUT2D eigenvalue weighted by atomic mass is 16.3. The molecule has 0 amide bonds. The molecule has 1 aromatic rings. The second kappa shape index (κ2) is 12.0. The van der Waals surface area contributed by atoms with Gasteiger partial charge in [0, 0.05) is 23.2 Å². The monoisotopic (exact) mass is 420 g/mol. The van der Waals surface area contributed by atoms with Crippen LogP contribution in [0.5, 0.6) is 11.5 Å². The van der Waals surface area contributed by atoms with Crippen LogP contribution in [-0.2, 0) is 10.8 Å². The molecule has 0 heterocycles. The maximum Gasteiger partial charge on any atom is 0.119 e. The van der Waals surface area contributed by atoms with E-state index in [1.807, 2.05) is 0 Å². The molecule has 1 aromatic carbocycles. The zero-order valence-corrected chi connectivity index (χ0v) is 20.9. The smallest absolute Gasteiger partial charge is 0.119 e. The average Bonchev–Trinajstić information content (AvgIpc) is 2.63. The Morgan fingerprint density at radius 1 is 0.733 bits per heavy atom. The lowest BCUT2D eigenvalue weighted by molar-refractivity contribution is 0.374. The van der Waals surface area contributed by atoms with Crippen molar-refractivity contribution in [2.45, 2.75) is 117 Å². The number of phenols is 2. The Morgan fingerprint density at radius 3 is 1.37 bits per heavy atom. The minimum atomic E-state index is -0.183. The number of phenolic OH excluding ortho intramolecular Hbond substituents is 2. The Bertz CT molecular complexity index is 584. The number of aromatic hydroxyl groups is 2. The Kier molecular flexibility index (Phi) is 10.7. The molecule has 2 unspecified atom stereocenters. The molecule has 30 heavy (non-hydrogen) atoms. The molecule has 0 aliphatic carbocycles. The number of hydrogen-bond acceptors (Lipinski definition) is 4. The van der Waals surface area contributed by atoms with E-state index in [1.54, 1.807) is 12.1 Å². The summed E-state index contributed by atoms with van der Waals surface area (Å²) in [5.74, 6) is 0.614. The predicted octanol–water partition coefficient (Wildman–Crippen LogP) is 5.99. The zero-order valence-electron chi connectivity index (χ0n) is 20.9. The third kappa shape index (κ3) is 8.11. The van der Waals surface area contributed by atoms with Crippen molar-refractivity contribution < 1.29 is 10.2 Å². The third-order valence-electron chi connectivity index (χ3n) is 6.56. The Hall–Kier alpha value is -1.26. The number of benzene rings is 1. The summed E-state index contributed by atoms with van der Waals surface area (Å²) < 4.78 is 0. The van der Waals surface area contributed by atoms with E-state index in [9.17, 15) is 10.2 Å². The van der Waals surface area contributed by atoms with Gasteiger partial charge in [-0.25, -0.2) is 0 Å². The van der Waals surface area contributed by atoms with Crippen LogP contribution in [0.25, 0.3) is 0 Å². The van der Waals surface area contributed by atoms with E-state index in [1.165, 1.54) is 0 Å². The molecule has 1 rings (SSSR count). The van der Waals surface area contributed by atoms with Crippen molar-refractivity contribution in [1.29, 1.82) is 0 Å². The molecule has 0 aliphatic heterocycles. The van der Waals surface area contributed by atoms with E-state index in [2.05, 4.69) is 66.0 Å². The van der Waals surface area contributed by atoms with Gasteiger partial charge in [0.05, 0.1) is 0 Å². The van der Waals surface area contributed by atoms with Gasteiger partial charge in [0.25, 0.3) is 0 Å². The molecule has 0 saturated heterocycles. The fourth-order valence-electron chi connectivity index (χ4n) is 4.53. The minimum absolute atomic E-state index is 0.183. The van der Waals surface area contributed by atoms with Crippen molar-refractivity contribution in [2.75, 3.05) is 13.1 Å². The van der Waals surface area contributed by atoms with Crippen molar-refractivity contribution in [3.8, 4) is 11.5 Å². The number of nitrogens with one attached hydrogen (secondary N) is 2. The maximum atomic E-state index is 10.9. The Morgan fingerprint density at radius 2 is 1.07 bits per heavy atom. The van der Waals surface area contributed by atoms with Gasteiger partial charge in [-0.3, -0.25) is 0 Å². The largest absolute Gasteiger partial charge is 0.508 e. The molecule has 0 bridgehead atoms. The van der Waals surface area contributed by atoms with Crippen LogP contribution in [-0.4, -0.2) is 35.4 Å². The first-order valence-electron chi connectivity index (χ1n) is 12.0. The van der Waals surface area contributed by atoms with Crippen LogP contribution in [0.1, 0.15) is 105 Å². The van der Waals surface area contributed by atoms with Crippen LogP contribution >= 0.6 is 0 Å². The molecule has 174 valence electrons. The molecule has 4 heteroatoms. The van der Waals surface area contributed by atoms with Crippen LogP contribution in [0.4, 0.5) is 0 Å². The third-order valence-corrected chi connectivity index (χ3v) is 6.56. The first-order valence-corrected chi connectivity index (χ1v) is 12.0. The Labute approximate surface area is 185 Å². The molecule has 0 aliphatic rings. The Balaban J connectivity index is 2.86. The highest BCUT2D eigenvalue weighted by Gasteiger charge is 2.29. The topological polar surface area (TPSA) is 64.5 Å². The lowest BCUT2D eigenvalue weighted by Gasteiger charge is -2.31. The summed E-state index contributed by atoms with van der Waals surface area (Å²) in [4.78, 5) is 0. The van der Waals surface area contributed by atoms with E-state index in [-0.39, 0.29) is 10.8 Å². The molecule has 0 fully saturated rings. The number of rotatable bonds is 14. The van der Waals surface area contributed by atoms with E-state index >= 15 is 0 Å². The molecular weight excluding hydrogens is 372 g/mol. The fraction of sp³-hybridized carbons (Fsp3) is 0.769. The van der Waals surface area contributed by atoms with Gasteiger partial charge in [-0.1, -0.05) is 54.4 Å². The van der Waals surface area contributed by atoms with Gasteiger partial charge in [-0.05, 0) is 75.6 Å². The summed E-state index contributed by atoms with van der Waals surface area (Å²) in [6.07, 6.45) is 6.33. The minimum Gasteiger partial charge on any atom is -0.508 e. The van der Waals surface area contributed by atoms with Crippen molar-refractivity contribution >= 4 is 0 Å². The molecule has 2 atom stereocenters. The van der Waals surface area contributed by atoms with Gasteiger partial charge in [0.1, 0.15) is 11.5 Å². The van der Waals surface area contributed by atoms with Crippen molar-refractivity contribution in [3.63, 3.8) is 0 Å². The van der Waals surface area contributed by atoms with Crippen molar-refractivity contribution in [2.24, 2.45) is 0 Å². The molecule has 0 saturated carbocycles. The van der Waals surface area contributed by atoms with Crippen LogP contribution in [0.3, 0.4) is 0 Å². The standard InChI is InChI=1S/C26H48N2O2/c1-9-27-19(3)13-11-15-25(5,6)21-17-24(30)22(18-23(21)29)26(7,8)16-12-14-20(4)28-10-2/h17-20,27-30H,9-16H2,1-8H3. The predicted molar refractivity (Wildman–Crippen MR) is 130 cm³/mol. The fourth-order valence-corrected chi connectivity index (χ4v) is 4.53. The van der Waals surface area contributed by atoms with Gasteiger partial charge in [0.15, 0.2) is 0 Å². The molecule has 4 N–H and O–H groups in total. The number of hydrogen-bond donors (Lipinski definition) is 4. The van der Waals surface area contributed by atoms with Gasteiger partial charge in [-0.2, -0.15) is 0 Å². The van der Waals surface area contributed by atoms with Gasteiger partial charge in [-0.15, -0.1) is 0 Å². The maximum absolute atomic E-state index is 10.9. The molecule has 0 radical (unpaired) electrons. The first kappa shape index (κ1) is 26.8. The van der Waals surface area contributed by atoms with E-state index in [0.29, 0.717) is 23.6 Å². The summed E-state index contributed by atoms with van der Waals surface area (Å²) >= 11 is 0. The summed E-state index contributed by atoms with van der Waals surface area (Å²) in [6.45, 7) is 19.3. The molecule has 0 aromatic heterocycles. The zero-order chi connectivity index (χ0) is 22.9. The summed E-state index contributed by atoms with van der Waals surface area (Å²) in [5.41, 5.74) is 1.32. The van der Waals surface area contributed by atoms with Crippen LogP contribution in [0, 0.1) is 0 Å². The SMILES string of the molecule is CCNC(C)CCCC(C)(C)c1cc(O)c(C(C)(C)CCCC(C)NCC)cc1O. The van der Waals surface area contributed by atoms with E-state index in [4.69, 9.17) is 0 Å². The quantitative estimate of drug-likeness (QED) is 0.279. The van der Waals surface area contributed by atoms with Gasteiger partial charge in [0.2, 0.25) is 0 Å². The summed E-state index contributed by atoms with van der Waals surface area (Å²) in [6, 6.07) is 4.63. The van der Waals surface area contributed by atoms with Crippen LogP contribution in [0.2, 0.25) is 0 Å². The molecular formula is C26H48N2O2. The molecule has 0 spiro atoms. The van der Waals surface area contributed by atoms with Crippen LogP contribution < -0.4 is 10.6 Å². The van der Waals surface area contributed by atoms with Crippen molar-refractivity contribution in [1.82, 2.24) is 10.6 Å². The highest BCUT2D eigenvalue weighted by Crippen LogP contribution is 2.43. The first-order chi connectivity index (χ1) is 13.9. The van der Waals surface area contributed by atoms with Gasteiger partial charge >= 0.3 is 0 Å². The van der Waals surface area contributed by atoms with Crippen molar-refractivity contribution in [3.05, 3.63) is 23.3 Å². The summed E-state index contributed by atoms with van der Waals surface area (Å²) in [7, 11) is 0. The van der Waals surface area contributed by atoms with Gasteiger partial charge < -0.3 is 20.8 Å².